The molecule has 1 aromatic heterocycles. The second-order valence-electron chi connectivity index (χ2n) is 6.21. The van der Waals surface area contributed by atoms with Gasteiger partial charge in [-0.1, -0.05) is 30.3 Å². The van der Waals surface area contributed by atoms with Gasteiger partial charge in [-0.3, -0.25) is 0 Å². The molecule has 0 aliphatic heterocycles. The van der Waals surface area contributed by atoms with Crippen molar-refractivity contribution >= 4 is 28.5 Å². The molecular formula is C21H16FNO2. The summed E-state index contributed by atoms with van der Waals surface area (Å²) in [5.74, 6) is -1.19. The number of carboxylic acids is 1. The van der Waals surface area contributed by atoms with Crippen LogP contribution in [0.4, 0.5) is 4.39 Å². The van der Waals surface area contributed by atoms with E-state index in [0.717, 1.165) is 35.2 Å². The fraction of sp³-hybridized carbons (Fsp3) is 0.143. The van der Waals surface area contributed by atoms with Crippen molar-refractivity contribution in [2.24, 2.45) is 0 Å². The van der Waals surface area contributed by atoms with Crippen molar-refractivity contribution in [3.8, 4) is 0 Å². The van der Waals surface area contributed by atoms with E-state index < -0.39 is 5.97 Å². The number of benzene rings is 2. The lowest BCUT2D eigenvalue weighted by Gasteiger charge is -2.21. The first-order valence-corrected chi connectivity index (χ1v) is 8.25. The largest absolute Gasteiger partial charge is 0.478 e. The number of fused-ring (bicyclic) bond motifs is 2. The van der Waals surface area contributed by atoms with Crippen molar-refractivity contribution in [3.63, 3.8) is 0 Å². The molecule has 0 saturated heterocycles. The van der Waals surface area contributed by atoms with Crippen LogP contribution < -0.4 is 0 Å². The second kappa shape index (κ2) is 6.13. The van der Waals surface area contributed by atoms with Crippen molar-refractivity contribution in [1.29, 1.82) is 0 Å². The maximum Gasteiger partial charge on any atom is 0.336 e. The zero-order chi connectivity index (χ0) is 17.4. The molecule has 3 nitrogen and oxygen atoms in total. The maximum absolute atomic E-state index is 13.1. The van der Waals surface area contributed by atoms with Crippen LogP contribution in [0.5, 0.6) is 0 Å². The van der Waals surface area contributed by atoms with E-state index in [1.807, 2.05) is 30.3 Å². The molecule has 25 heavy (non-hydrogen) atoms. The normalized spacial score (nSPS) is 15.3. The van der Waals surface area contributed by atoms with Gasteiger partial charge >= 0.3 is 5.97 Å². The molecule has 1 aliphatic carbocycles. The van der Waals surface area contributed by atoms with Gasteiger partial charge in [0.15, 0.2) is 0 Å². The smallest absolute Gasteiger partial charge is 0.336 e. The molecule has 124 valence electrons. The molecule has 3 aromatic rings. The van der Waals surface area contributed by atoms with E-state index >= 15 is 0 Å². The van der Waals surface area contributed by atoms with Crippen LogP contribution >= 0.6 is 0 Å². The van der Waals surface area contributed by atoms with Gasteiger partial charge in [-0.25, -0.2) is 14.2 Å². The molecule has 2 aromatic carbocycles. The topological polar surface area (TPSA) is 50.2 Å². The monoisotopic (exact) mass is 333 g/mol. The van der Waals surface area contributed by atoms with Crippen LogP contribution in [0, 0.1) is 5.82 Å². The van der Waals surface area contributed by atoms with Crippen molar-refractivity contribution < 1.29 is 14.3 Å². The van der Waals surface area contributed by atoms with Crippen LogP contribution in [0.1, 0.15) is 40.0 Å². The highest BCUT2D eigenvalue weighted by Gasteiger charge is 2.24. The van der Waals surface area contributed by atoms with Gasteiger partial charge in [0.2, 0.25) is 0 Å². The zero-order valence-electron chi connectivity index (χ0n) is 13.5. The third kappa shape index (κ3) is 2.80. The molecular weight excluding hydrogens is 317 g/mol. The first-order chi connectivity index (χ1) is 12.1. The molecule has 0 spiro atoms. The van der Waals surface area contributed by atoms with Crippen LogP contribution in [-0.4, -0.2) is 16.1 Å². The number of para-hydroxylation sites is 1. The number of hydrogen-bond donors (Lipinski definition) is 1. The Morgan fingerprint density at radius 3 is 2.60 bits per heavy atom. The van der Waals surface area contributed by atoms with E-state index in [0.29, 0.717) is 22.9 Å². The Hall–Kier alpha value is -3.01. The number of allylic oxidation sites excluding steroid dienone is 1. The van der Waals surface area contributed by atoms with Crippen molar-refractivity contribution in [2.45, 2.75) is 19.3 Å². The third-order valence-electron chi connectivity index (χ3n) is 4.60. The number of pyridine rings is 1. The number of aromatic nitrogens is 1. The summed E-state index contributed by atoms with van der Waals surface area (Å²) in [6, 6.07) is 13.6. The predicted octanol–water partition coefficient (Wildman–Crippen LogP) is 4.95. The summed E-state index contributed by atoms with van der Waals surface area (Å²) >= 11 is 0. The van der Waals surface area contributed by atoms with Crippen molar-refractivity contribution in [2.75, 3.05) is 0 Å². The number of rotatable bonds is 2. The number of carboxylic acid groups (broad SMARTS) is 1. The molecule has 0 unspecified atom stereocenters. The van der Waals surface area contributed by atoms with Gasteiger partial charge in [0.25, 0.3) is 0 Å². The number of hydrogen-bond acceptors (Lipinski definition) is 2. The number of aromatic carboxylic acids is 1. The summed E-state index contributed by atoms with van der Waals surface area (Å²) in [5.41, 5.74) is 4.48. The number of nitrogens with zero attached hydrogens (tertiary/aromatic N) is 1. The summed E-state index contributed by atoms with van der Waals surface area (Å²) in [5, 5.41) is 10.4. The van der Waals surface area contributed by atoms with Crippen molar-refractivity contribution in [1.82, 2.24) is 4.98 Å². The highest BCUT2D eigenvalue weighted by Crippen LogP contribution is 2.36. The minimum absolute atomic E-state index is 0.275. The minimum atomic E-state index is -0.919. The highest BCUT2D eigenvalue weighted by atomic mass is 19.1. The Labute approximate surface area is 144 Å². The SMILES string of the molecule is O=C(O)c1c2c(nc3ccccc13)C(=Cc1ccc(F)cc1)CCC2. The first kappa shape index (κ1) is 15.5. The molecule has 1 N–H and O–H groups in total. The molecule has 4 rings (SSSR count). The lowest BCUT2D eigenvalue weighted by molar-refractivity contribution is 0.0697. The molecule has 0 radical (unpaired) electrons. The van der Waals surface area contributed by atoms with Crippen LogP contribution in [0.25, 0.3) is 22.6 Å². The molecule has 0 saturated carbocycles. The molecule has 0 atom stereocenters. The lowest BCUT2D eigenvalue weighted by atomic mass is 9.86. The van der Waals surface area contributed by atoms with E-state index in [-0.39, 0.29) is 5.82 Å². The molecule has 4 heteroatoms. The highest BCUT2D eigenvalue weighted by molar-refractivity contribution is 6.05. The lowest BCUT2D eigenvalue weighted by Crippen LogP contribution is -2.13. The average molecular weight is 333 g/mol. The fourth-order valence-electron chi connectivity index (χ4n) is 3.48. The average Bonchev–Trinajstić information content (AvgIpc) is 2.62. The Kier molecular flexibility index (Phi) is 3.80. The van der Waals surface area contributed by atoms with Gasteiger partial charge < -0.3 is 5.11 Å². The Bertz CT molecular complexity index is 1010. The summed E-state index contributed by atoms with van der Waals surface area (Å²) in [4.78, 5) is 16.6. The maximum atomic E-state index is 13.1. The van der Waals surface area contributed by atoms with Gasteiger partial charge in [-0.15, -0.1) is 0 Å². The van der Waals surface area contributed by atoms with E-state index in [9.17, 15) is 14.3 Å². The molecule has 1 heterocycles. The molecule has 0 fully saturated rings. The number of carbonyl (C=O) groups is 1. The van der Waals surface area contributed by atoms with Gasteiger partial charge in [-0.05, 0) is 60.2 Å². The first-order valence-electron chi connectivity index (χ1n) is 8.25. The standard InChI is InChI=1S/C21H16FNO2/c22-15-10-8-13(9-11-15)12-14-4-3-6-17-19(21(24)25)16-5-1-2-7-18(16)23-20(14)17/h1-2,5,7-12H,3-4,6H2,(H,24,25). The molecule has 0 bridgehead atoms. The second-order valence-corrected chi connectivity index (χ2v) is 6.21. The van der Waals surface area contributed by atoms with Crippen LogP contribution in [-0.2, 0) is 6.42 Å². The summed E-state index contributed by atoms with van der Waals surface area (Å²) in [6.07, 6.45) is 4.38. The Balaban J connectivity index is 1.95. The predicted molar refractivity (Wildman–Crippen MR) is 95.9 cm³/mol. The van der Waals surface area contributed by atoms with E-state index in [4.69, 9.17) is 4.98 Å². The van der Waals surface area contributed by atoms with Crippen LogP contribution in [0.3, 0.4) is 0 Å². The quantitative estimate of drug-likeness (QED) is 0.722. The third-order valence-corrected chi connectivity index (χ3v) is 4.60. The fourth-order valence-corrected chi connectivity index (χ4v) is 3.48. The van der Waals surface area contributed by atoms with Gasteiger partial charge in [0.1, 0.15) is 5.82 Å². The van der Waals surface area contributed by atoms with E-state index in [1.165, 1.54) is 12.1 Å². The molecule has 1 aliphatic rings. The van der Waals surface area contributed by atoms with E-state index in [2.05, 4.69) is 0 Å². The summed E-state index contributed by atoms with van der Waals surface area (Å²) in [6.45, 7) is 0. The van der Waals surface area contributed by atoms with Gasteiger partial charge in [-0.2, -0.15) is 0 Å². The Morgan fingerprint density at radius 1 is 1.08 bits per heavy atom. The summed E-state index contributed by atoms with van der Waals surface area (Å²) in [7, 11) is 0. The minimum Gasteiger partial charge on any atom is -0.478 e. The van der Waals surface area contributed by atoms with Crippen LogP contribution in [0.2, 0.25) is 0 Å². The van der Waals surface area contributed by atoms with Gasteiger partial charge in [0.05, 0.1) is 16.8 Å². The summed E-state index contributed by atoms with van der Waals surface area (Å²) < 4.78 is 13.1. The van der Waals surface area contributed by atoms with Crippen molar-refractivity contribution in [3.05, 3.63) is 76.7 Å². The molecule has 0 amide bonds. The van der Waals surface area contributed by atoms with E-state index in [1.54, 1.807) is 12.1 Å². The Morgan fingerprint density at radius 2 is 1.84 bits per heavy atom. The zero-order valence-corrected chi connectivity index (χ0v) is 13.5. The number of halogens is 1. The van der Waals surface area contributed by atoms with Gasteiger partial charge in [0, 0.05) is 5.39 Å². The van der Waals surface area contributed by atoms with Crippen LogP contribution in [0.15, 0.2) is 48.5 Å².